The third-order valence-electron chi connectivity index (χ3n) is 4.02. The molecule has 20 heavy (non-hydrogen) atoms. The maximum absolute atomic E-state index is 12.6. The number of carboxylic acid groups (broad SMARTS) is 1. The first kappa shape index (κ1) is 15.7. The monoisotopic (exact) mass is 306 g/mol. The molecule has 0 saturated carbocycles. The van der Waals surface area contributed by atoms with Crippen LogP contribution >= 0.6 is 0 Å². The largest absolute Gasteiger partial charge is 0.480 e. The van der Waals surface area contributed by atoms with Gasteiger partial charge in [-0.05, 0) is 12.8 Å². The van der Waals surface area contributed by atoms with Gasteiger partial charge in [-0.25, -0.2) is 0 Å². The average Bonchev–Trinajstić information content (AvgIpc) is 2.66. The van der Waals surface area contributed by atoms with Crippen molar-refractivity contribution in [3.8, 4) is 0 Å². The van der Waals surface area contributed by atoms with Crippen molar-refractivity contribution in [2.45, 2.75) is 44.2 Å². The van der Waals surface area contributed by atoms with E-state index in [0.717, 1.165) is 30.0 Å². The van der Waals surface area contributed by atoms with Gasteiger partial charge in [0.1, 0.15) is 6.04 Å². The lowest BCUT2D eigenvalue weighted by Gasteiger charge is -2.28. The van der Waals surface area contributed by atoms with Crippen molar-refractivity contribution in [1.82, 2.24) is 8.61 Å². The standard InChI is InChI=1S/C12H22N2O5S/c1-19-10-8-11(12(15)16)14(9-10)20(17,18)13-6-4-2-3-5-7-13/h10-11H,2-9H2,1H3,(H,15,16). The van der Waals surface area contributed by atoms with E-state index in [1.54, 1.807) is 0 Å². The van der Waals surface area contributed by atoms with Gasteiger partial charge in [0.2, 0.25) is 0 Å². The SMILES string of the molecule is COC1CC(C(=O)O)N(S(=O)(=O)N2CCCCCC2)C1. The second kappa shape index (κ2) is 6.38. The van der Waals surface area contributed by atoms with Gasteiger partial charge in [0.25, 0.3) is 10.2 Å². The summed E-state index contributed by atoms with van der Waals surface area (Å²) in [5.41, 5.74) is 0. The summed E-state index contributed by atoms with van der Waals surface area (Å²) in [5, 5.41) is 9.23. The van der Waals surface area contributed by atoms with Gasteiger partial charge < -0.3 is 9.84 Å². The molecule has 1 N–H and O–H groups in total. The number of aliphatic carboxylic acids is 1. The lowest BCUT2D eigenvalue weighted by molar-refractivity contribution is -0.140. The first-order chi connectivity index (χ1) is 9.46. The highest BCUT2D eigenvalue weighted by molar-refractivity contribution is 7.86. The highest BCUT2D eigenvalue weighted by Crippen LogP contribution is 2.26. The van der Waals surface area contributed by atoms with E-state index < -0.39 is 22.2 Å². The van der Waals surface area contributed by atoms with Crippen molar-refractivity contribution in [2.24, 2.45) is 0 Å². The predicted octanol–water partition coefficient (Wildman–Crippen LogP) is 0.281. The Morgan fingerprint density at radius 2 is 1.80 bits per heavy atom. The third kappa shape index (κ3) is 3.13. The minimum Gasteiger partial charge on any atom is -0.480 e. The summed E-state index contributed by atoms with van der Waals surface area (Å²) in [4.78, 5) is 11.3. The zero-order valence-electron chi connectivity index (χ0n) is 11.7. The third-order valence-corrected chi connectivity index (χ3v) is 6.04. The maximum atomic E-state index is 12.6. The van der Waals surface area contributed by atoms with Gasteiger partial charge in [-0.2, -0.15) is 17.0 Å². The normalized spacial score (nSPS) is 30.2. The van der Waals surface area contributed by atoms with Crippen molar-refractivity contribution >= 4 is 16.2 Å². The molecule has 2 unspecified atom stereocenters. The second-order valence-electron chi connectivity index (χ2n) is 5.34. The van der Waals surface area contributed by atoms with E-state index >= 15 is 0 Å². The van der Waals surface area contributed by atoms with Crippen LogP contribution in [0.15, 0.2) is 0 Å². The molecule has 0 aromatic heterocycles. The molecule has 7 nitrogen and oxygen atoms in total. The van der Waals surface area contributed by atoms with Crippen LogP contribution in [-0.2, 0) is 19.7 Å². The highest BCUT2D eigenvalue weighted by Gasteiger charge is 2.45. The van der Waals surface area contributed by atoms with Crippen molar-refractivity contribution in [2.75, 3.05) is 26.7 Å². The van der Waals surface area contributed by atoms with E-state index in [4.69, 9.17) is 4.74 Å². The Balaban J connectivity index is 2.19. The number of carbonyl (C=O) groups is 1. The lowest BCUT2D eigenvalue weighted by atomic mass is 10.2. The fourth-order valence-electron chi connectivity index (χ4n) is 2.84. The fourth-order valence-corrected chi connectivity index (χ4v) is 4.71. The second-order valence-corrected chi connectivity index (χ2v) is 7.22. The van der Waals surface area contributed by atoms with Crippen LogP contribution in [0.3, 0.4) is 0 Å². The summed E-state index contributed by atoms with van der Waals surface area (Å²) in [5.74, 6) is -1.11. The molecule has 0 radical (unpaired) electrons. The number of carboxylic acids is 1. The zero-order valence-corrected chi connectivity index (χ0v) is 12.5. The summed E-state index contributed by atoms with van der Waals surface area (Å²) < 4.78 is 33.0. The molecule has 0 aromatic carbocycles. The van der Waals surface area contributed by atoms with Gasteiger partial charge in [0, 0.05) is 33.2 Å². The molecule has 2 saturated heterocycles. The summed E-state index contributed by atoms with van der Waals surface area (Å²) >= 11 is 0. The van der Waals surface area contributed by atoms with Crippen LogP contribution in [0.2, 0.25) is 0 Å². The molecule has 2 heterocycles. The minimum absolute atomic E-state index is 0.117. The van der Waals surface area contributed by atoms with Crippen molar-refractivity contribution in [3.63, 3.8) is 0 Å². The highest BCUT2D eigenvalue weighted by atomic mass is 32.2. The van der Waals surface area contributed by atoms with Gasteiger partial charge >= 0.3 is 5.97 Å². The molecule has 0 bridgehead atoms. The predicted molar refractivity (Wildman–Crippen MR) is 72.5 cm³/mol. The Morgan fingerprint density at radius 1 is 1.20 bits per heavy atom. The van der Waals surface area contributed by atoms with Crippen LogP contribution in [0, 0.1) is 0 Å². The number of nitrogens with zero attached hydrogens (tertiary/aromatic N) is 2. The molecule has 2 atom stereocenters. The van der Waals surface area contributed by atoms with Crippen molar-refractivity contribution in [3.05, 3.63) is 0 Å². The van der Waals surface area contributed by atoms with Gasteiger partial charge in [-0.1, -0.05) is 12.8 Å². The Labute approximate surface area is 119 Å². The molecule has 2 fully saturated rings. The zero-order chi connectivity index (χ0) is 14.8. The molecule has 0 spiro atoms. The Morgan fingerprint density at radius 3 is 2.30 bits per heavy atom. The molecule has 2 aliphatic heterocycles. The molecule has 0 amide bonds. The number of hydrogen-bond donors (Lipinski definition) is 1. The summed E-state index contributed by atoms with van der Waals surface area (Å²) in [6.45, 7) is 1.07. The van der Waals surface area contributed by atoms with Crippen LogP contribution in [0.5, 0.6) is 0 Å². The molecular weight excluding hydrogens is 284 g/mol. The van der Waals surface area contributed by atoms with Crippen LogP contribution in [0.1, 0.15) is 32.1 Å². The Kier molecular flexibility index (Phi) is 5.00. The topological polar surface area (TPSA) is 87.1 Å². The van der Waals surface area contributed by atoms with Gasteiger partial charge in [0.15, 0.2) is 0 Å². The number of methoxy groups -OCH3 is 1. The number of ether oxygens (including phenoxy) is 1. The fraction of sp³-hybridized carbons (Fsp3) is 0.917. The van der Waals surface area contributed by atoms with Crippen LogP contribution < -0.4 is 0 Å². The van der Waals surface area contributed by atoms with Gasteiger partial charge in [0.05, 0.1) is 6.10 Å². The molecule has 0 aliphatic carbocycles. The van der Waals surface area contributed by atoms with Gasteiger partial charge in [-0.3, -0.25) is 4.79 Å². The molecule has 0 aromatic rings. The van der Waals surface area contributed by atoms with Gasteiger partial charge in [-0.15, -0.1) is 0 Å². The summed E-state index contributed by atoms with van der Waals surface area (Å²) in [6.07, 6.45) is 3.57. The first-order valence-corrected chi connectivity index (χ1v) is 8.39. The van der Waals surface area contributed by atoms with E-state index in [1.807, 2.05) is 0 Å². The summed E-state index contributed by atoms with van der Waals surface area (Å²) in [6, 6.07) is -1.02. The molecule has 2 rings (SSSR count). The van der Waals surface area contributed by atoms with E-state index in [-0.39, 0.29) is 19.1 Å². The smallest absolute Gasteiger partial charge is 0.322 e. The molecular formula is C12H22N2O5S. The first-order valence-electron chi connectivity index (χ1n) is 6.99. The Bertz CT molecular complexity index is 445. The average molecular weight is 306 g/mol. The molecule has 116 valence electrons. The van der Waals surface area contributed by atoms with Crippen molar-refractivity contribution < 1.29 is 23.1 Å². The molecule has 8 heteroatoms. The summed E-state index contributed by atoms with van der Waals surface area (Å²) in [7, 11) is -2.24. The van der Waals surface area contributed by atoms with E-state index in [0.29, 0.717) is 13.1 Å². The van der Waals surface area contributed by atoms with E-state index in [2.05, 4.69) is 0 Å². The van der Waals surface area contributed by atoms with E-state index in [1.165, 1.54) is 11.4 Å². The Hall–Kier alpha value is -0.700. The lowest BCUT2D eigenvalue weighted by Crippen LogP contribution is -2.48. The van der Waals surface area contributed by atoms with Crippen molar-refractivity contribution in [1.29, 1.82) is 0 Å². The van der Waals surface area contributed by atoms with Crippen LogP contribution in [-0.4, -0.2) is 67.0 Å². The number of hydrogen-bond acceptors (Lipinski definition) is 4. The van der Waals surface area contributed by atoms with E-state index in [9.17, 15) is 18.3 Å². The number of rotatable bonds is 4. The quantitative estimate of drug-likeness (QED) is 0.806. The molecule has 2 aliphatic rings. The minimum atomic E-state index is -3.72. The van der Waals surface area contributed by atoms with Crippen LogP contribution in [0.25, 0.3) is 0 Å². The van der Waals surface area contributed by atoms with Crippen LogP contribution in [0.4, 0.5) is 0 Å². The maximum Gasteiger partial charge on any atom is 0.322 e.